The quantitative estimate of drug-likeness (QED) is 0.559. The Labute approximate surface area is 73.3 Å². The molecule has 0 saturated carbocycles. The molecule has 0 aliphatic rings. The molecule has 0 atom stereocenters. The van der Waals surface area contributed by atoms with Crippen LogP contribution in [0, 0.1) is 23.0 Å². The van der Waals surface area contributed by atoms with Crippen LogP contribution in [-0.2, 0) is 0 Å². The van der Waals surface area contributed by atoms with E-state index in [1.165, 1.54) is 0 Å². The SMILES string of the molecule is N#C/C=N/Nc1cc(F)cc(F)c1. The number of anilines is 1. The van der Waals surface area contributed by atoms with Gasteiger partial charge in [-0.1, -0.05) is 0 Å². The van der Waals surface area contributed by atoms with Crippen LogP contribution in [0.2, 0.25) is 0 Å². The molecule has 0 amide bonds. The number of benzene rings is 1. The first-order valence-corrected chi connectivity index (χ1v) is 3.35. The van der Waals surface area contributed by atoms with Crippen molar-refractivity contribution in [2.45, 2.75) is 0 Å². The highest BCUT2D eigenvalue weighted by Gasteiger charge is 1.98. The summed E-state index contributed by atoms with van der Waals surface area (Å²) in [4.78, 5) is 0. The molecule has 1 aromatic rings. The van der Waals surface area contributed by atoms with E-state index in [4.69, 9.17) is 5.26 Å². The van der Waals surface area contributed by atoms with Gasteiger partial charge in [0.05, 0.1) is 5.69 Å². The van der Waals surface area contributed by atoms with E-state index in [0.717, 1.165) is 24.4 Å². The van der Waals surface area contributed by atoms with E-state index in [0.29, 0.717) is 0 Å². The first-order chi connectivity index (χ1) is 6.22. The molecule has 0 heterocycles. The zero-order valence-corrected chi connectivity index (χ0v) is 6.46. The maximum Gasteiger partial charge on any atom is 0.128 e. The molecule has 0 fully saturated rings. The number of hydrogen-bond acceptors (Lipinski definition) is 3. The summed E-state index contributed by atoms with van der Waals surface area (Å²) in [5, 5.41) is 11.4. The molecule has 0 aliphatic carbocycles. The lowest BCUT2D eigenvalue weighted by atomic mass is 10.3. The van der Waals surface area contributed by atoms with Gasteiger partial charge in [0, 0.05) is 6.07 Å². The molecule has 5 heteroatoms. The minimum absolute atomic E-state index is 0.156. The van der Waals surface area contributed by atoms with Crippen molar-refractivity contribution >= 4 is 11.9 Å². The minimum atomic E-state index is -0.699. The van der Waals surface area contributed by atoms with Crippen LogP contribution < -0.4 is 5.43 Å². The second kappa shape index (κ2) is 4.16. The summed E-state index contributed by atoms with van der Waals surface area (Å²) in [5.74, 6) is -1.40. The fourth-order valence-corrected chi connectivity index (χ4v) is 0.754. The smallest absolute Gasteiger partial charge is 0.128 e. The van der Waals surface area contributed by atoms with Gasteiger partial charge in [0.2, 0.25) is 0 Å². The maximum absolute atomic E-state index is 12.5. The van der Waals surface area contributed by atoms with Crippen LogP contribution in [-0.4, -0.2) is 6.21 Å². The van der Waals surface area contributed by atoms with Crippen molar-refractivity contribution in [3.8, 4) is 6.07 Å². The Morgan fingerprint density at radius 1 is 1.31 bits per heavy atom. The molecule has 66 valence electrons. The van der Waals surface area contributed by atoms with Crippen molar-refractivity contribution in [1.29, 1.82) is 5.26 Å². The number of nitrogens with one attached hydrogen (secondary N) is 1. The number of nitriles is 1. The number of hydrogen-bond donors (Lipinski definition) is 1. The lowest BCUT2D eigenvalue weighted by Gasteiger charge is -1.98. The third-order valence-corrected chi connectivity index (χ3v) is 1.18. The lowest BCUT2D eigenvalue weighted by molar-refractivity contribution is 0.584. The number of hydrazone groups is 1. The Morgan fingerprint density at radius 3 is 2.46 bits per heavy atom. The van der Waals surface area contributed by atoms with Crippen LogP contribution in [0.4, 0.5) is 14.5 Å². The molecule has 1 rings (SSSR count). The molecular formula is C8H5F2N3. The van der Waals surface area contributed by atoms with Gasteiger partial charge in [-0.15, -0.1) is 0 Å². The summed E-state index contributed by atoms with van der Waals surface area (Å²) in [6.45, 7) is 0. The predicted molar refractivity (Wildman–Crippen MR) is 44.1 cm³/mol. The van der Waals surface area contributed by atoms with Crippen molar-refractivity contribution < 1.29 is 8.78 Å². The van der Waals surface area contributed by atoms with E-state index >= 15 is 0 Å². The molecule has 0 radical (unpaired) electrons. The monoisotopic (exact) mass is 181 g/mol. The second-order valence-corrected chi connectivity index (χ2v) is 2.16. The summed E-state index contributed by atoms with van der Waals surface area (Å²) in [6, 6.07) is 4.51. The number of nitrogens with zero attached hydrogens (tertiary/aromatic N) is 2. The van der Waals surface area contributed by atoms with Crippen LogP contribution >= 0.6 is 0 Å². The molecule has 0 saturated heterocycles. The van der Waals surface area contributed by atoms with Gasteiger partial charge >= 0.3 is 0 Å². The molecule has 0 aromatic heterocycles. The average molecular weight is 181 g/mol. The molecule has 0 bridgehead atoms. The van der Waals surface area contributed by atoms with Gasteiger partial charge in [-0.25, -0.2) is 8.78 Å². The van der Waals surface area contributed by atoms with Crippen molar-refractivity contribution in [2.75, 3.05) is 5.43 Å². The Morgan fingerprint density at radius 2 is 1.92 bits per heavy atom. The third-order valence-electron chi connectivity index (χ3n) is 1.18. The van der Waals surface area contributed by atoms with Crippen molar-refractivity contribution in [2.24, 2.45) is 5.10 Å². The van der Waals surface area contributed by atoms with Crippen molar-refractivity contribution in [1.82, 2.24) is 0 Å². The van der Waals surface area contributed by atoms with Crippen LogP contribution in [0.3, 0.4) is 0 Å². The second-order valence-electron chi connectivity index (χ2n) is 2.16. The van der Waals surface area contributed by atoms with E-state index in [9.17, 15) is 8.78 Å². The zero-order chi connectivity index (χ0) is 9.68. The van der Waals surface area contributed by atoms with Gasteiger partial charge in [0.15, 0.2) is 0 Å². The summed E-state index contributed by atoms with van der Waals surface area (Å²) in [7, 11) is 0. The Balaban J connectivity index is 2.78. The standard InChI is InChI=1S/C8H5F2N3/c9-6-3-7(10)5-8(4-6)13-12-2-1-11/h2-5,13H/b12-2+. The fraction of sp³-hybridized carbons (Fsp3) is 0. The van der Waals surface area contributed by atoms with E-state index < -0.39 is 11.6 Å². The fourth-order valence-electron chi connectivity index (χ4n) is 0.754. The normalized spacial score (nSPS) is 9.92. The van der Waals surface area contributed by atoms with Crippen molar-refractivity contribution in [3.63, 3.8) is 0 Å². The van der Waals surface area contributed by atoms with Crippen LogP contribution in [0.5, 0.6) is 0 Å². The van der Waals surface area contributed by atoms with Crippen molar-refractivity contribution in [3.05, 3.63) is 29.8 Å². The van der Waals surface area contributed by atoms with E-state index in [-0.39, 0.29) is 5.69 Å². The third kappa shape index (κ3) is 2.87. The summed E-state index contributed by atoms with van der Waals surface area (Å²) < 4.78 is 25.1. The Kier molecular flexibility index (Phi) is 2.92. The summed E-state index contributed by atoms with van der Waals surface area (Å²) in [6.07, 6.45) is 0.919. The van der Waals surface area contributed by atoms with Crippen LogP contribution in [0.1, 0.15) is 0 Å². The topological polar surface area (TPSA) is 48.2 Å². The molecule has 0 aliphatic heterocycles. The molecule has 13 heavy (non-hydrogen) atoms. The van der Waals surface area contributed by atoms with E-state index in [2.05, 4.69) is 10.5 Å². The highest BCUT2D eigenvalue weighted by atomic mass is 19.1. The highest BCUT2D eigenvalue weighted by Crippen LogP contribution is 2.12. The molecular weight excluding hydrogens is 176 g/mol. The Bertz CT molecular complexity index is 348. The van der Waals surface area contributed by atoms with Gasteiger partial charge in [0.1, 0.15) is 23.9 Å². The molecule has 1 N–H and O–H groups in total. The van der Waals surface area contributed by atoms with Gasteiger partial charge < -0.3 is 0 Å². The lowest BCUT2D eigenvalue weighted by Crippen LogP contribution is -1.90. The summed E-state index contributed by atoms with van der Waals surface area (Å²) in [5.41, 5.74) is 2.45. The van der Waals surface area contributed by atoms with E-state index in [1.54, 1.807) is 6.07 Å². The van der Waals surface area contributed by atoms with Crippen LogP contribution in [0.15, 0.2) is 23.3 Å². The van der Waals surface area contributed by atoms with Gasteiger partial charge in [-0.05, 0) is 12.1 Å². The zero-order valence-electron chi connectivity index (χ0n) is 6.46. The van der Waals surface area contributed by atoms with Crippen LogP contribution in [0.25, 0.3) is 0 Å². The van der Waals surface area contributed by atoms with Gasteiger partial charge in [-0.3, -0.25) is 5.43 Å². The predicted octanol–water partition coefficient (Wildman–Crippen LogP) is 1.89. The summed E-state index contributed by atoms with van der Waals surface area (Å²) >= 11 is 0. The molecule has 0 spiro atoms. The van der Waals surface area contributed by atoms with Gasteiger partial charge in [0.25, 0.3) is 0 Å². The molecule has 0 unspecified atom stereocenters. The van der Waals surface area contributed by atoms with Gasteiger partial charge in [-0.2, -0.15) is 10.4 Å². The minimum Gasteiger partial charge on any atom is -0.278 e. The molecule has 3 nitrogen and oxygen atoms in total. The Hall–Kier alpha value is -1.96. The van der Waals surface area contributed by atoms with E-state index in [1.807, 2.05) is 0 Å². The molecule has 1 aromatic carbocycles. The average Bonchev–Trinajstić information content (AvgIpc) is 2.03. The number of halogens is 2. The first kappa shape index (κ1) is 9.13. The number of rotatable bonds is 2. The highest BCUT2D eigenvalue weighted by molar-refractivity contribution is 5.75. The largest absolute Gasteiger partial charge is 0.278 e. The first-order valence-electron chi connectivity index (χ1n) is 3.35. The maximum atomic E-state index is 12.5.